The zero-order chi connectivity index (χ0) is 40.8. The van der Waals surface area contributed by atoms with Gasteiger partial charge in [0, 0.05) is 43.5 Å². The third kappa shape index (κ3) is 7.57. The SMILES string of the molecule is COC(=O)N[C@H](C(=O)N1CCC[C@H]1c1ncc(-c2ccc(C34CCC(c5cnc([C@@H]6CCCN6C(=O)[C@H](C(C)C)N6CCC(O)CC6)[nH]5)(CC3)CC4)cc2)[nH]1)C(C)C. The molecule has 3 saturated carbocycles. The van der Waals surface area contributed by atoms with E-state index in [1.807, 2.05) is 24.9 Å². The molecule has 2 aromatic heterocycles. The van der Waals surface area contributed by atoms with Gasteiger partial charge in [0.25, 0.3) is 0 Å². The van der Waals surface area contributed by atoms with E-state index in [0.717, 1.165) is 120 Å². The second kappa shape index (κ2) is 16.4. The van der Waals surface area contributed by atoms with Crippen LogP contribution in [-0.4, -0.2) is 109 Å². The Morgan fingerprint density at radius 2 is 1.33 bits per heavy atom. The molecular formula is C45H64N8O5. The van der Waals surface area contributed by atoms with Gasteiger partial charge in [-0.15, -0.1) is 0 Å². The van der Waals surface area contributed by atoms with Gasteiger partial charge in [0.2, 0.25) is 11.8 Å². The molecule has 3 aliphatic heterocycles. The molecule has 5 heterocycles. The monoisotopic (exact) mass is 796 g/mol. The van der Waals surface area contributed by atoms with Crippen LogP contribution in [0.2, 0.25) is 0 Å². The van der Waals surface area contributed by atoms with Crippen LogP contribution in [-0.2, 0) is 25.2 Å². The number of hydrogen-bond donors (Lipinski definition) is 4. The molecular weight excluding hydrogens is 733 g/mol. The summed E-state index contributed by atoms with van der Waals surface area (Å²) in [5.41, 5.74) is 4.92. The fraction of sp³-hybridized carbons (Fsp3) is 0.667. The van der Waals surface area contributed by atoms with Gasteiger partial charge in [-0.2, -0.15) is 0 Å². The normalized spacial score (nSPS) is 27.7. The van der Waals surface area contributed by atoms with Crippen molar-refractivity contribution in [2.75, 3.05) is 33.3 Å². The molecule has 3 aliphatic carbocycles. The Balaban J connectivity index is 0.906. The second-order valence-corrected chi connectivity index (χ2v) is 18.7. The number of piperidine rings is 1. The molecule has 58 heavy (non-hydrogen) atoms. The number of alkyl carbamates (subject to hydrolysis) is 1. The number of aromatic nitrogens is 4. The third-order valence-corrected chi connectivity index (χ3v) is 14.7. The minimum absolute atomic E-state index is 0.0165. The molecule has 1 aromatic carbocycles. The summed E-state index contributed by atoms with van der Waals surface area (Å²) in [5.74, 6) is 1.92. The summed E-state index contributed by atoms with van der Waals surface area (Å²) in [7, 11) is 1.31. The number of likely N-dealkylation sites (tertiary alicyclic amines) is 3. The van der Waals surface area contributed by atoms with Crippen LogP contribution in [0.25, 0.3) is 11.3 Å². The average Bonchev–Trinajstić information content (AvgIpc) is 4.08. The van der Waals surface area contributed by atoms with Gasteiger partial charge in [-0.1, -0.05) is 52.0 Å². The van der Waals surface area contributed by atoms with E-state index in [-0.39, 0.29) is 58.7 Å². The fourth-order valence-electron chi connectivity index (χ4n) is 11.2. The van der Waals surface area contributed by atoms with Crippen LogP contribution in [0.3, 0.4) is 0 Å². The van der Waals surface area contributed by atoms with E-state index < -0.39 is 12.1 Å². The summed E-state index contributed by atoms with van der Waals surface area (Å²) in [4.78, 5) is 63.1. The average molecular weight is 797 g/mol. The number of H-pyrrole nitrogens is 2. The third-order valence-electron chi connectivity index (χ3n) is 14.7. The van der Waals surface area contributed by atoms with Crippen molar-refractivity contribution >= 4 is 17.9 Å². The largest absolute Gasteiger partial charge is 0.453 e. The number of nitrogens with zero attached hydrogens (tertiary/aromatic N) is 5. The lowest BCUT2D eigenvalue weighted by molar-refractivity contribution is -0.141. The number of rotatable bonds is 11. The molecule has 13 heteroatoms. The Hall–Kier alpha value is -4.23. The van der Waals surface area contributed by atoms with E-state index in [2.05, 4.69) is 69.4 Å². The molecule has 0 spiro atoms. The Morgan fingerprint density at radius 3 is 1.91 bits per heavy atom. The first-order valence-electron chi connectivity index (χ1n) is 22.0. The van der Waals surface area contributed by atoms with Gasteiger partial charge in [0.1, 0.15) is 17.7 Å². The first-order valence-corrected chi connectivity index (χ1v) is 22.0. The molecule has 0 radical (unpaired) electrons. The van der Waals surface area contributed by atoms with Crippen LogP contribution in [0, 0.1) is 11.8 Å². The maximum Gasteiger partial charge on any atom is 0.407 e. The number of carbonyl (C=O) groups is 3. The van der Waals surface area contributed by atoms with Gasteiger partial charge in [-0.3, -0.25) is 14.5 Å². The van der Waals surface area contributed by atoms with E-state index in [4.69, 9.17) is 14.7 Å². The molecule has 3 amide bonds. The molecule has 3 aromatic rings. The summed E-state index contributed by atoms with van der Waals surface area (Å²) in [6.07, 6.45) is 14.9. The molecule has 6 fully saturated rings. The van der Waals surface area contributed by atoms with Gasteiger partial charge in [0.15, 0.2) is 0 Å². The summed E-state index contributed by atoms with van der Waals surface area (Å²) in [6.45, 7) is 11.1. The van der Waals surface area contributed by atoms with Gasteiger partial charge in [0.05, 0.1) is 43.2 Å². The molecule has 3 saturated heterocycles. The molecule has 314 valence electrons. The number of carbonyl (C=O) groups excluding carboxylic acids is 3. The van der Waals surface area contributed by atoms with Gasteiger partial charge >= 0.3 is 6.09 Å². The number of methoxy groups -OCH3 is 1. The number of amides is 3. The topological polar surface area (TPSA) is 160 Å². The fourth-order valence-corrected chi connectivity index (χ4v) is 11.2. The Labute approximate surface area is 343 Å². The highest BCUT2D eigenvalue weighted by atomic mass is 16.5. The maximum atomic E-state index is 14.2. The number of aliphatic hydroxyl groups is 1. The highest BCUT2D eigenvalue weighted by Crippen LogP contribution is 2.58. The highest BCUT2D eigenvalue weighted by Gasteiger charge is 2.51. The Bertz CT molecular complexity index is 1910. The minimum Gasteiger partial charge on any atom is -0.453 e. The van der Waals surface area contributed by atoms with Gasteiger partial charge in [-0.25, -0.2) is 14.8 Å². The first-order chi connectivity index (χ1) is 27.9. The standard InChI is InChI=1S/C45H64N8O5/c1-28(2)37(50-43(57)58-5)41(55)52-22-6-8-34(52)39-46-26-33(48-39)30-10-12-31(13-11-30)44-16-19-45(20-17-44,21-18-44)36-27-47-40(49-36)35-9-7-23-53(35)42(56)38(29(3)4)51-24-14-32(54)15-25-51/h10-13,26-29,32,34-35,37-38,54H,6-9,14-25H2,1-5H3,(H,46,48)(H,47,49)(H,50,57)/t34-,35-,37-,38-,44?,45?/m0/s1. The van der Waals surface area contributed by atoms with E-state index in [9.17, 15) is 19.5 Å². The lowest BCUT2D eigenvalue weighted by Gasteiger charge is -2.53. The van der Waals surface area contributed by atoms with Crippen molar-refractivity contribution in [1.82, 2.24) is 40.0 Å². The Kier molecular flexibility index (Phi) is 11.5. The summed E-state index contributed by atoms with van der Waals surface area (Å²) < 4.78 is 4.79. The van der Waals surface area contributed by atoms with Crippen LogP contribution in [0.1, 0.15) is 140 Å². The number of benzene rings is 1. The maximum absolute atomic E-state index is 14.2. The molecule has 4 N–H and O–H groups in total. The van der Waals surface area contributed by atoms with E-state index in [1.165, 1.54) is 18.4 Å². The van der Waals surface area contributed by atoms with Crippen molar-refractivity contribution in [1.29, 1.82) is 0 Å². The Morgan fingerprint density at radius 1 is 0.759 bits per heavy atom. The summed E-state index contributed by atoms with van der Waals surface area (Å²) in [5, 5.41) is 12.8. The van der Waals surface area contributed by atoms with E-state index >= 15 is 0 Å². The summed E-state index contributed by atoms with van der Waals surface area (Å²) in [6, 6.07) is 8.01. The number of nitrogens with one attached hydrogen (secondary N) is 3. The number of imidazole rings is 2. The lowest BCUT2D eigenvalue weighted by atomic mass is 9.51. The van der Waals surface area contributed by atoms with E-state index in [0.29, 0.717) is 6.54 Å². The van der Waals surface area contributed by atoms with E-state index in [1.54, 1.807) is 0 Å². The molecule has 9 rings (SSSR count). The van der Waals surface area contributed by atoms with Crippen molar-refractivity contribution in [2.45, 2.75) is 146 Å². The molecule has 13 nitrogen and oxygen atoms in total. The minimum atomic E-state index is -0.666. The predicted octanol–water partition coefficient (Wildman–Crippen LogP) is 6.53. The first kappa shape index (κ1) is 40.5. The number of hydrogen-bond acceptors (Lipinski definition) is 8. The highest BCUT2D eigenvalue weighted by molar-refractivity contribution is 5.86. The van der Waals surface area contributed by atoms with Crippen LogP contribution in [0.4, 0.5) is 4.79 Å². The lowest BCUT2D eigenvalue weighted by Crippen LogP contribution is -2.54. The van der Waals surface area contributed by atoms with Crippen LogP contribution in [0.5, 0.6) is 0 Å². The number of aliphatic hydroxyl groups excluding tert-OH is 1. The quantitative estimate of drug-likeness (QED) is 0.171. The van der Waals surface area contributed by atoms with Crippen LogP contribution >= 0.6 is 0 Å². The molecule has 6 aliphatic rings. The van der Waals surface area contributed by atoms with Crippen molar-refractivity contribution in [3.63, 3.8) is 0 Å². The van der Waals surface area contributed by atoms with Crippen molar-refractivity contribution in [3.8, 4) is 11.3 Å². The van der Waals surface area contributed by atoms with Crippen molar-refractivity contribution in [2.24, 2.45) is 11.8 Å². The van der Waals surface area contributed by atoms with Gasteiger partial charge < -0.3 is 34.9 Å². The smallest absolute Gasteiger partial charge is 0.407 e. The molecule has 2 bridgehead atoms. The summed E-state index contributed by atoms with van der Waals surface area (Å²) >= 11 is 0. The number of ether oxygens (including phenoxy) is 1. The van der Waals surface area contributed by atoms with Crippen molar-refractivity contribution in [3.05, 3.63) is 59.6 Å². The van der Waals surface area contributed by atoms with Crippen molar-refractivity contribution < 1.29 is 24.2 Å². The predicted molar refractivity (Wildman–Crippen MR) is 221 cm³/mol. The number of aromatic amines is 2. The van der Waals surface area contributed by atoms with Crippen LogP contribution < -0.4 is 5.32 Å². The molecule has 4 atom stereocenters. The molecule has 0 unspecified atom stereocenters. The number of fused-ring (bicyclic) bond motifs is 3. The zero-order valence-corrected chi connectivity index (χ0v) is 35.1. The van der Waals surface area contributed by atoms with Gasteiger partial charge in [-0.05, 0) is 105 Å². The second-order valence-electron chi connectivity index (χ2n) is 18.7. The zero-order valence-electron chi connectivity index (χ0n) is 35.1. The van der Waals surface area contributed by atoms with Crippen LogP contribution in [0.15, 0.2) is 36.7 Å².